The molecule has 5 rings (SSSR count). The third-order valence-corrected chi connectivity index (χ3v) is 5.56. The minimum Gasteiger partial charge on any atom is -0.361 e. The molecular weight excluding hydrogens is 358 g/mol. The van der Waals surface area contributed by atoms with Crippen LogP contribution in [-0.4, -0.2) is 29.7 Å². The van der Waals surface area contributed by atoms with Crippen LogP contribution in [0.5, 0.6) is 0 Å². The van der Waals surface area contributed by atoms with E-state index in [9.17, 15) is 4.79 Å². The SMILES string of the molecule is CN1C(=O)[C@@H](Cc2c[nH]c3ccccc23)N=C(c2ccccc2)c2ccccc21. The Hall–Kier alpha value is -3.66. The minimum absolute atomic E-state index is 0.00802. The van der Waals surface area contributed by atoms with Crippen molar-refractivity contribution in [2.45, 2.75) is 12.5 Å². The van der Waals surface area contributed by atoms with Crippen LogP contribution in [0.1, 0.15) is 16.7 Å². The van der Waals surface area contributed by atoms with Crippen LogP contribution < -0.4 is 4.90 Å². The number of aromatic amines is 1. The average molecular weight is 379 g/mol. The number of rotatable bonds is 3. The van der Waals surface area contributed by atoms with Gasteiger partial charge in [-0.2, -0.15) is 0 Å². The van der Waals surface area contributed by atoms with E-state index in [0.29, 0.717) is 6.42 Å². The van der Waals surface area contributed by atoms with E-state index in [1.54, 1.807) is 4.90 Å². The van der Waals surface area contributed by atoms with E-state index in [4.69, 9.17) is 4.99 Å². The molecular formula is C25H21N3O. The highest BCUT2D eigenvalue weighted by molar-refractivity contribution is 6.20. The maximum atomic E-state index is 13.4. The number of benzene rings is 3. The van der Waals surface area contributed by atoms with E-state index < -0.39 is 6.04 Å². The number of aliphatic imine (C=N–C) groups is 1. The molecule has 4 aromatic rings. The lowest BCUT2D eigenvalue weighted by atomic mass is 10.0. The van der Waals surface area contributed by atoms with Crippen LogP contribution in [-0.2, 0) is 11.2 Å². The van der Waals surface area contributed by atoms with Gasteiger partial charge >= 0.3 is 0 Å². The van der Waals surface area contributed by atoms with E-state index in [1.807, 2.05) is 86.0 Å². The van der Waals surface area contributed by atoms with Crippen LogP contribution in [0, 0.1) is 0 Å². The molecule has 29 heavy (non-hydrogen) atoms. The largest absolute Gasteiger partial charge is 0.361 e. The number of nitrogens with zero attached hydrogens (tertiary/aromatic N) is 2. The van der Waals surface area contributed by atoms with Gasteiger partial charge in [0.05, 0.1) is 11.4 Å². The Morgan fingerprint density at radius 3 is 2.52 bits per heavy atom. The molecule has 1 aliphatic heterocycles. The Labute approximate surface area is 169 Å². The maximum absolute atomic E-state index is 13.4. The van der Waals surface area contributed by atoms with Crippen molar-refractivity contribution in [3.05, 3.63) is 102 Å². The second-order valence-electron chi connectivity index (χ2n) is 7.34. The van der Waals surface area contributed by atoms with Crippen molar-refractivity contribution in [3.63, 3.8) is 0 Å². The van der Waals surface area contributed by atoms with E-state index >= 15 is 0 Å². The number of para-hydroxylation sites is 2. The van der Waals surface area contributed by atoms with E-state index in [2.05, 4.69) is 11.1 Å². The van der Waals surface area contributed by atoms with Crippen molar-refractivity contribution in [1.82, 2.24) is 4.98 Å². The molecule has 4 heteroatoms. The number of carbonyl (C=O) groups is 1. The van der Waals surface area contributed by atoms with Gasteiger partial charge in [-0.25, -0.2) is 0 Å². The summed E-state index contributed by atoms with van der Waals surface area (Å²) >= 11 is 0. The molecule has 1 aromatic heterocycles. The Morgan fingerprint density at radius 2 is 1.66 bits per heavy atom. The predicted octanol–water partition coefficient (Wildman–Crippen LogP) is 4.59. The lowest BCUT2D eigenvalue weighted by molar-refractivity contribution is -0.119. The first-order chi connectivity index (χ1) is 14.2. The molecule has 0 saturated heterocycles. The normalized spacial score (nSPS) is 16.4. The van der Waals surface area contributed by atoms with Gasteiger partial charge in [0, 0.05) is 41.7 Å². The molecule has 0 fully saturated rings. The molecule has 1 atom stereocenters. The molecule has 142 valence electrons. The lowest BCUT2D eigenvalue weighted by Gasteiger charge is -2.20. The summed E-state index contributed by atoms with van der Waals surface area (Å²) in [4.78, 5) is 23.4. The Bertz CT molecular complexity index is 1220. The van der Waals surface area contributed by atoms with Gasteiger partial charge in [0.2, 0.25) is 0 Å². The zero-order chi connectivity index (χ0) is 19.8. The molecule has 0 bridgehead atoms. The summed E-state index contributed by atoms with van der Waals surface area (Å²) in [6.45, 7) is 0. The number of hydrogen-bond donors (Lipinski definition) is 1. The van der Waals surface area contributed by atoms with Crippen molar-refractivity contribution in [2.75, 3.05) is 11.9 Å². The molecule has 0 aliphatic carbocycles. The number of fused-ring (bicyclic) bond motifs is 2. The van der Waals surface area contributed by atoms with Gasteiger partial charge in [-0.3, -0.25) is 9.79 Å². The zero-order valence-electron chi connectivity index (χ0n) is 16.2. The van der Waals surface area contributed by atoms with Gasteiger partial charge < -0.3 is 9.88 Å². The fraction of sp³-hybridized carbons (Fsp3) is 0.120. The van der Waals surface area contributed by atoms with Crippen molar-refractivity contribution in [3.8, 4) is 0 Å². The number of amides is 1. The molecule has 1 amide bonds. The molecule has 0 saturated carbocycles. The third kappa shape index (κ3) is 3.03. The number of carbonyl (C=O) groups excluding carboxylic acids is 1. The standard InChI is InChI=1S/C25H21N3O/c1-28-23-14-8-6-12-20(23)24(17-9-3-2-4-10-17)27-22(25(28)29)15-18-16-26-21-13-7-5-11-19(18)21/h2-14,16,22,26H,15H2,1H3/t22-/m1/s1. The van der Waals surface area contributed by atoms with Crippen LogP contribution in [0.15, 0.2) is 90.1 Å². The van der Waals surface area contributed by atoms with Gasteiger partial charge in [0.1, 0.15) is 6.04 Å². The van der Waals surface area contributed by atoms with E-state index in [-0.39, 0.29) is 5.91 Å². The van der Waals surface area contributed by atoms with Crippen LogP contribution in [0.25, 0.3) is 10.9 Å². The summed E-state index contributed by atoms with van der Waals surface area (Å²) in [5.41, 5.74) is 5.94. The highest BCUT2D eigenvalue weighted by Crippen LogP contribution is 2.29. The van der Waals surface area contributed by atoms with E-state index in [1.165, 1.54) is 0 Å². The van der Waals surface area contributed by atoms with Gasteiger partial charge in [0.15, 0.2) is 0 Å². The number of aromatic nitrogens is 1. The first-order valence-corrected chi connectivity index (χ1v) is 9.77. The van der Waals surface area contributed by atoms with Crippen LogP contribution in [0.4, 0.5) is 5.69 Å². The molecule has 4 nitrogen and oxygen atoms in total. The summed E-state index contributed by atoms with van der Waals surface area (Å²) in [7, 11) is 1.84. The van der Waals surface area contributed by atoms with Crippen LogP contribution in [0.2, 0.25) is 0 Å². The van der Waals surface area contributed by atoms with Crippen molar-refractivity contribution < 1.29 is 4.79 Å². The fourth-order valence-corrected chi connectivity index (χ4v) is 4.06. The predicted molar refractivity (Wildman–Crippen MR) is 118 cm³/mol. The Morgan fingerprint density at radius 1 is 0.931 bits per heavy atom. The highest BCUT2D eigenvalue weighted by atomic mass is 16.2. The summed E-state index contributed by atoms with van der Waals surface area (Å²) in [5.74, 6) is 0.00802. The van der Waals surface area contributed by atoms with E-state index in [0.717, 1.165) is 39.0 Å². The smallest absolute Gasteiger partial charge is 0.251 e. The van der Waals surface area contributed by atoms with Crippen molar-refractivity contribution >= 4 is 28.2 Å². The molecule has 0 spiro atoms. The molecule has 1 N–H and O–H groups in total. The molecule has 0 radical (unpaired) electrons. The Kier molecular flexibility index (Phi) is 4.24. The molecule has 1 aliphatic rings. The molecule has 2 heterocycles. The first-order valence-electron chi connectivity index (χ1n) is 9.77. The van der Waals surface area contributed by atoms with Gasteiger partial charge in [-0.15, -0.1) is 0 Å². The summed E-state index contributed by atoms with van der Waals surface area (Å²) in [6, 6.07) is 25.8. The van der Waals surface area contributed by atoms with Crippen molar-refractivity contribution in [1.29, 1.82) is 0 Å². The average Bonchev–Trinajstić information content (AvgIpc) is 3.15. The number of anilines is 1. The third-order valence-electron chi connectivity index (χ3n) is 5.56. The van der Waals surface area contributed by atoms with Gasteiger partial charge in [-0.05, 0) is 17.7 Å². The molecule has 3 aromatic carbocycles. The quantitative estimate of drug-likeness (QED) is 0.556. The number of likely N-dealkylation sites (N-methyl/N-ethyl adjacent to an activating group) is 1. The van der Waals surface area contributed by atoms with Crippen LogP contribution in [0.3, 0.4) is 0 Å². The monoisotopic (exact) mass is 379 g/mol. The molecule has 0 unspecified atom stereocenters. The minimum atomic E-state index is -0.484. The number of H-pyrrole nitrogens is 1. The van der Waals surface area contributed by atoms with Gasteiger partial charge in [0.25, 0.3) is 5.91 Å². The summed E-state index contributed by atoms with van der Waals surface area (Å²) in [6.07, 6.45) is 2.55. The summed E-state index contributed by atoms with van der Waals surface area (Å²) < 4.78 is 0. The lowest BCUT2D eigenvalue weighted by Crippen LogP contribution is -2.35. The second kappa shape index (κ2) is 7.06. The maximum Gasteiger partial charge on any atom is 0.251 e. The summed E-state index contributed by atoms with van der Waals surface area (Å²) in [5, 5.41) is 1.14. The Balaban J connectivity index is 1.64. The number of nitrogens with one attached hydrogen (secondary N) is 1. The number of hydrogen-bond acceptors (Lipinski definition) is 2. The number of benzodiazepines with no additional fused rings is 1. The van der Waals surface area contributed by atoms with Crippen LogP contribution >= 0.6 is 0 Å². The second-order valence-corrected chi connectivity index (χ2v) is 7.34. The first kappa shape index (κ1) is 17.4. The van der Waals surface area contributed by atoms with Gasteiger partial charge in [-0.1, -0.05) is 66.7 Å². The fourth-order valence-electron chi connectivity index (χ4n) is 4.06. The van der Waals surface area contributed by atoms with Crippen molar-refractivity contribution in [2.24, 2.45) is 4.99 Å². The zero-order valence-corrected chi connectivity index (χ0v) is 16.2. The topological polar surface area (TPSA) is 48.5 Å². The highest BCUT2D eigenvalue weighted by Gasteiger charge is 2.30.